The number of carbonyl (C=O) groups excluding carboxylic acids is 1. The first-order chi connectivity index (χ1) is 13.0. The minimum atomic E-state index is -0.223. The Bertz CT molecular complexity index is 1150. The van der Waals surface area contributed by atoms with E-state index in [1.165, 1.54) is 11.3 Å². The molecule has 27 heavy (non-hydrogen) atoms. The summed E-state index contributed by atoms with van der Waals surface area (Å²) in [4.78, 5) is 17.6. The molecule has 0 fully saturated rings. The molecule has 0 aliphatic carbocycles. The Balaban J connectivity index is 1.63. The van der Waals surface area contributed by atoms with Gasteiger partial charge >= 0.3 is 0 Å². The van der Waals surface area contributed by atoms with E-state index < -0.39 is 0 Å². The molecule has 1 amide bonds. The van der Waals surface area contributed by atoms with E-state index in [9.17, 15) is 4.79 Å². The van der Waals surface area contributed by atoms with Crippen LogP contribution in [-0.2, 0) is 0 Å². The van der Waals surface area contributed by atoms with Gasteiger partial charge in [-0.2, -0.15) is 4.98 Å². The first kappa shape index (κ1) is 17.2. The number of thiazole rings is 1. The second-order valence-electron chi connectivity index (χ2n) is 6.24. The summed E-state index contributed by atoms with van der Waals surface area (Å²) >= 11 is 1.47. The van der Waals surface area contributed by atoms with Crippen molar-refractivity contribution in [1.82, 2.24) is 14.6 Å². The number of rotatable bonds is 4. The number of fused-ring (bicyclic) bond motifs is 1. The summed E-state index contributed by atoms with van der Waals surface area (Å²) in [5, 5.41) is 9.22. The average Bonchev–Trinajstić information content (AvgIpc) is 3.24. The van der Waals surface area contributed by atoms with Gasteiger partial charge in [0.15, 0.2) is 0 Å². The molecule has 6 nitrogen and oxygen atoms in total. The number of ether oxygens (including phenoxy) is 1. The number of amides is 1. The van der Waals surface area contributed by atoms with Gasteiger partial charge in [-0.1, -0.05) is 18.2 Å². The van der Waals surface area contributed by atoms with Gasteiger partial charge in [-0.05, 0) is 49.2 Å². The summed E-state index contributed by atoms with van der Waals surface area (Å²) in [5.74, 6) is 0.837. The minimum Gasteiger partial charge on any atom is -0.497 e. The highest BCUT2D eigenvalue weighted by molar-refractivity contribution is 7.15. The Kier molecular flexibility index (Phi) is 4.37. The van der Waals surface area contributed by atoms with Crippen molar-refractivity contribution in [3.8, 4) is 17.0 Å². The smallest absolute Gasteiger partial charge is 0.258 e. The number of anilines is 1. The highest BCUT2D eigenvalue weighted by Crippen LogP contribution is 2.28. The van der Waals surface area contributed by atoms with E-state index in [-0.39, 0.29) is 11.9 Å². The summed E-state index contributed by atoms with van der Waals surface area (Å²) in [6.07, 6.45) is 0. The maximum atomic E-state index is 12.5. The zero-order valence-corrected chi connectivity index (χ0v) is 16.0. The van der Waals surface area contributed by atoms with Crippen molar-refractivity contribution in [2.75, 3.05) is 12.4 Å². The van der Waals surface area contributed by atoms with Crippen LogP contribution in [0.15, 0.2) is 47.8 Å². The van der Waals surface area contributed by atoms with E-state index in [1.54, 1.807) is 17.7 Å². The Morgan fingerprint density at radius 1 is 1.15 bits per heavy atom. The lowest BCUT2D eigenvalue weighted by Gasteiger charge is -2.04. The lowest BCUT2D eigenvalue weighted by molar-refractivity contribution is 0.102. The molecule has 2 heterocycles. The Hall–Kier alpha value is -3.19. The van der Waals surface area contributed by atoms with Crippen LogP contribution in [0.5, 0.6) is 5.75 Å². The van der Waals surface area contributed by atoms with Crippen molar-refractivity contribution in [3.05, 3.63) is 64.5 Å². The van der Waals surface area contributed by atoms with Crippen LogP contribution in [0.4, 0.5) is 5.95 Å². The van der Waals surface area contributed by atoms with Gasteiger partial charge in [-0.3, -0.25) is 10.1 Å². The molecule has 0 atom stereocenters. The third-order valence-corrected chi connectivity index (χ3v) is 5.26. The van der Waals surface area contributed by atoms with E-state index in [1.807, 2.05) is 55.6 Å². The van der Waals surface area contributed by atoms with Gasteiger partial charge in [0.05, 0.1) is 12.8 Å². The maximum Gasteiger partial charge on any atom is 0.258 e. The number of benzene rings is 2. The molecule has 0 unspecified atom stereocenters. The molecule has 4 aromatic rings. The average molecular weight is 378 g/mol. The summed E-state index contributed by atoms with van der Waals surface area (Å²) in [6, 6.07) is 13.4. The second-order valence-corrected chi connectivity index (χ2v) is 7.07. The van der Waals surface area contributed by atoms with Gasteiger partial charge in [-0.15, -0.1) is 16.4 Å². The van der Waals surface area contributed by atoms with E-state index in [4.69, 9.17) is 4.74 Å². The molecule has 0 aliphatic heterocycles. The van der Waals surface area contributed by atoms with Crippen LogP contribution in [0.2, 0.25) is 0 Å². The lowest BCUT2D eigenvalue weighted by atomic mass is 10.1. The zero-order valence-electron chi connectivity index (χ0n) is 15.2. The Labute approximate surface area is 160 Å². The molecule has 1 N–H and O–H groups in total. The van der Waals surface area contributed by atoms with E-state index in [0.29, 0.717) is 10.5 Å². The molecular formula is C20H18N4O2S. The number of nitrogens with zero attached hydrogens (tertiary/aromatic N) is 3. The second kappa shape index (κ2) is 6.85. The van der Waals surface area contributed by atoms with Crippen LogP contribution < -0.4 is 10.1 Å². The summed E-state index contributed by atoms with van der Waals surface area (Å²) in [5.41, 5.74) is 4.67. The van der Waals surface area contributed by atoms with E-state index >= 15 is 0 Å². The predicted molar refractivity (Wildman–Crippen MR) is 107 cm³/mol. The molecule has 0 bridgehead atoms. The first-order valence-electron chi connectivity index (χ1n) is 8.42. The molecule has 0 saturated carbocycles. The lowest BCUT2D eigenvalue weighted by Crippen LogP contribution is -2.13. The van der Waals surface area contributed by atoms with Crippen LogP contribution >= 0.6 is 11.3 Å². The number of nitrogens with one attached hydrogen (secondary N) is 1. The zero-order chi connectivity index (χ0) is 19.0. The van der Waals surface area contributed by atoms with Gasteiger partial charge in [-0.25, -0.2) is 4.52 Å². The number of carbonyl (C=O) groups is 1. The number of hydrogen-bond donors (Lipinski definition) is 1. The highest BCUT2D eigenvalue weighted by atomic mass is 32.1. The van der Waals surface area contributed by atoms with Gasteiger partial charge in [0.2, 0.25) is 4.96 Å². The van der Waals surface area contributed by atoms with Crippen LogP contribution in [-0.4, -0.2) is 27.6 Å². The monoisotopic (exact) mass is 378 g/mol. The van der Waals surface area contributed by atoms with Crippen LogP contribution in [0.3, 0.4) is 0 Å². The molecule has 136 valence electrons. The normalized spacial score (nSPS) is 10.9. The third kappa shape index (κ3) is 3.29. The maximum absolute atomic E-state index is 12.5. The quantitative estimate of drug-likeness (QED) is 0.574. The predicted octanol–water partition coefficient (Wildman–Crippen LogP) is 4.34. The van der Waals surface area contributed by atoms with Crippen LogP contribution in [0, 0.1) is 13.8 Å². The van der Waals surface area contributed by atoms with Crippen molar-refractivity contribution in [3.63, 3.8) is 0 Å². The van der Waals surface area contributed by atoms with Crippen LogP contribution in [0.25, 0.3) is 16.2 Å². The standard InChI is InChI=1S/C20H18N4O2S/c1-12-7-8-15(9-13(12)2)18(25)21-19-22-20-24(23-19)17(11-27-20)14-5-4-6-16(10-14)26-3/h4-11H,1-3H3,(H,21,23,25). The van der Waals surface area contributed by atoms with Gasteiger partial charge in [0, 0.05) is 16.5 Å². The number of aryl methyl sites for hydroxylation is 2. The largest absolute Gasteiger partial charge is 0.497 e. The molecule has 2 aromatic heterocycles. The molecule has 0 spiro atoms. The fourth-order valence-electron chi connectivity index (χ4n) is 2.77. The SMILES string of the molecule is COc1cccc(-c2csc3nc(NC(=O)c4ccc(C)c(C)c4)nn23)c1. The summed E-state index contributed by atoms with van der Waals surface area (Å²) in [7, 11) is 1.64. The van der Waals surface area contributed by atoms with Gasteiger partial charge in [0.1, 0.15) is 5.75 Å². The van der Waals surface area contributed by atoms with Gasteiger partial charge in [0.25, 0.3) is 11.9 Å². The topological polar surface area (TPSA) is 68.5 Å². The first-order valence-corrected chi connectivity index (χ1v) is 9.30. The molecule has 2 aromatic carbocycles. The van der Waals surface area contributed by atoms with Crippen molar-refractivity contribution >= 4 is 28.2 Å². The van der Waals surface area contributed by atoms with Crippen molar-refractivity contribution in [2.45, 2.75) is 13.8 Å². The fraction of sp³-hybridized carbons (Fsp3) is 0.150. The minimum absolute atomic E-state index is 0.223. The van der Waals surface area contributed by atoms with Crippen molar-refractivity contribution in [1.29, 1.82) is 0 Å². The number of hydrogen-bond acceptors (Lipinski definition) is 5. The molecule has 7 heteroatoms. The summed E-state index contributed by atoms with van der Waals surface area (Å²) < 4.78 is 7.02. The number of methoxy groups -OCH3 is 1. The molecular weight excluding hydrogens is 360 g/mol. The van der Waals surface area contributed by atoms with Crippen molar-refractivity contribution < 1.29 is 9.53 Å². The molecule has 0 saturated heterocycles. The Morgan fingerprint density at radius 2 is 2.00 bits per heavy atom. The van der Waals surface area contributed by atoms with Crippen LogP contribution in [0.1, 0.15) is 21.5 Å². The summed E-state index contributed by atoms with van der Waals surface area (Å²) in [6.45, 7) is 4.00. The highest BCUT2D eigenvalue weighted by Gasteiger charge is 2.15. The van der Waals surface area contributed by atoms with E-state index in [2.05, 4.69) is 15.4 Å². The molecule has 0 aliphatic rings. The fourth-order valence-corrected chi connectivity index (χ4v) is 3.60. The number of aromatic nitrogens is 3. The van der Waals surface area contributed by atoms with Gasteiger partial charge < -0.3 is 4.74 Å². The molecule has 4 rings (SSSR count). The molecule has 0 radical (unpaired) electrons. The van der Waals surface area contributed by atoms with E-state index in [0.717, 1.165) is 28.1 Å². The Morgan fingerprint density at radius 3 is 2.78 bits per heavy atom. The third-order valence-electron chi connectivity index (χ3n) is 4.44. The van der Waals surface area contributed by atoms with Crippen molar-refractivity contribution in [2.24, 2.45) is 0 Å².